The van der Waals surface area contributed by atoms with E-state index >= 15 is 0 Å². The Kier molecular flexibility index (Phi) is 2.44. The van der Waals surface area contributed by atoms with Crippen molar-refractivity contribution in [3.8, 4) is 0 Å². The molecule has 0 saturated carbocycles. The largest absolute Gasteiger partial charge is 0.396 e. The molecule has 1 aromatic carbocycles. The van der Waals surface area contributed by atoms with Gasteiger partial charge in [-0.25, -0.2) is 4.39 Å². The highest BCUT2D eigenvalue weighted by Crippen LogP contribution is 2.11. The number of aliphatic hydroxyl groups excluding tert-OH is 1. The summed E-state index contributed by atoms with van der Waals surface area (Å²) in [5.41, 5.74) is 6.16. The topological polar surface area (TPSA) is 46.2 Å². The fraction of sp³-hybridized carbons (Fsp3) is 0.250. The first-order valence-electron chi connectivity index (χ1n) is 3.39. The summed E-state index contributed by atoms with van der Waals surface area (Å²) < 4.78 is 12.7. The normalized spacial score (nSPS) is 10.0. The van der Waals surface area contributed by atoms with Gasteiger partial charge in [-0.2, -0.15) is 0 Å². The van der Waals surface area contributed by atoms with Crippen LogP contribution in [-0.4, -0.2) is 11.7 Å². The summed E-state index contributed by atoms with van der Waals surface area (Å²) >= 11 is 0. The summed E-state index contributed by atoms with van der Waals surface area (Å²) in [5, 5.41) is 8.53. The van der Waals surface area contributed by atoms with Gasteiger partial charge in [-0.05, 0) is 24.1 Å². The van der Waals surface area contributed by atoms with E-state index in [-0.39, 0.29) is 12.3 Å². The first-order chi connectivity index (χ1) is 5.24. The number of nitrogen functional groups attached to an aromatic ring is 1. The Morgan fingerprint density at radius 1 is 1.45 bits per heavy atom. The van der Waals surface area contributed by atoms with Gasteiger partial charge in [-0.3, -0.25) is 0 Å². The standard InChI is InChI=1S/C8H10FNO/c9-7-5-6(3-4-11)1-2-8(7)10/h1-2,5,11H,3-4,10H2. The van der Waals surface area contributed by atoms with Crippen molar-refractivity contribution in [2.45, 2.75) is 6.42 Å². The number of anilines is 1. The third kappa shape index (κ3) is 1.91. The maximum atomic E-state index is 12.7. The first kappa shape index (κ1) is 8.01. The van der Waals surface area contributed by atoms with Crippen LogP contribution in [0, 0.1) is 5.82 Å². The van der Waals surface area contributed by atoms with Crippen LogP contribution in [0.4, 0.5) is 10.1 Å². The van der Waals surface area contributed by atoms with Crippen LogP contribution in [0.15, 0.2) is 18.2 Å². The van der Waals surface area contributed by atoms with Gasteiger partial charge in [-0.1, -0.05) is 6.07 Å². The van der Waals surface area contributed by atoms with Gasteiger partial charge >= 0.3 is 0 Å². The lowest BCUT2D eigenvalue weighted by Gasteiger charge is -1.99. The van der Waals surface area contributed by atoms with E-state index in [2.05, 4.69) is 0 Å². The molecule has 0 spiro atoms. The minimum absolute atomic E-state index is 0.0311. The Morgan fingerprint density at radius 3 is 2.73 bits per heavy atom. The molecule has 1 rings (SSSR count). The van der Waals surface area contributed by atoms with Gasteiger partial charge in [0.25, 0.3) is 0 Å². The van der Waals surface area contributed by atoms with Crippen LogP contribution in [0.1, 0.15) is 5.56 Å². The predicted molar refractivity (Wildman–Crippen MR) is 41.6 cm³/mol. The van der Waals surface area contributed by atoms with E-state index in [0.29, 0.717) is 6.42 Å². The SMILES string of the molecule is Nc1ccc(CCO)cc1F. The van der Waals surface area contributed by atoms with Crippen LogP contribution in [0.2, 0.25) is 0 Å². The average Bonchev–Trinajstić information content (AvgIpc) is 1.98. The molecule has 0 heterocycles. The van der Waals surface area contributed by atoms with Crippen LogP contribution < -0.4 is 5.73 Å². The van der Waals surface area contributed by atoms with E-state index < -0.39 is 5.82 Å². The summed E-state index contributed by atoms with van der Waals surface area (Å²) in [6.07, 6.45) is 0.469. The summed E-state index contributed by atoms with van der Waals surface area (Å²) in [5.74, 6) is -0.420. The fourth-order valence-electron chi connectivity index (χ4n) is 0.855. The second kappa shape index (κ2) is 3.34. The van der Waals surface area contributed by atoms with Crippen LogP contribution in [-0.2, 0) is 6.42 Å². The van der Waals surface area contributed by atoms with Crippen LogP contribution in [0.3, 0.4) is 0 Å². The summed E-state index contributed by atoms with van der Waals surface area (Å²) in [7, 11) is 0. The number of hydrogen-bond acceptors (Lipinski definition) is 2. The Hall–Kier alpha value is -1.09. The third-order valence-corrected chi connectivity index (χ3v) is 1.47. The highest BCUT2D eigenvalue weighted by Gasteiger charge is 1.98. The highest BCUT2D eigenvalue weighted by atomic mass is 19.1. The Bertz CT molecular complexity index is 250. The van der Waals surface area contributed by atoms with Gasteiger partial charge in [0.15, 0.2) is 0 Å². The van der Waals surface area contributed by atoms with Gasteiger partial charge in [0, 0.05) is 6.61 Å². The molecular formula is C8H10FNO. The zero-order valence-electron chi connectivity index (χ0n) is 6.05. The molecular weight excluding hydrogens is 145 g/mol. The number of rotatable bonds is 2. The van der Waals surface area contributed by atoms with Crippen LogP contribution in [0.25, 0.3) is 0 Å². The summed E-state index contributed by atoms with van der Waals surface area (Å²) in [6.45, 7) is 0.0311. The van der Waals surface area contributed by atoms with E-state index in [1.54, 1.807) is 6.07 Å². The van der Waals surface area contributed by atoms with E-state index in [1.165, 1.54) is 12.1 Å². The molecule has 3 heteroatoms. The maximum absolute atomic E-state index is 12.7. The summed E-state index contributed by atoms with van der Waals surface area (Å²) in [4.78, 5) is 0. The van der Waals surface area contributed by atoms with Gasteiger partial charge in [-0.15, -0.1) is 0 Å². The molecule has 0 atom stereocenters. The Labute approximate surface area is 64.5 Å². The molecule has 3 N–H and O–H groups in total. The van der Waals surface area contributed by atoms with E-state index in [1.807, 2.05) is 0 Å². The number of aliphatic hydroxyl groups is 1. The molecule has 11 heavy (non-hydrogen) atoms. The lowest BCUT2D eigenvalue weighted by molar-refractivity contribution is 0.299. The zero-order valence-corrected chi connectivity index (χ0v) is 6.05. The minimum atomic E-state index is -0.420. The molecule has 0 aliphatic carbocycles. The minimum Gasteiger partial charge on any atom is -0.396 e. The molecule has 0 aliphatic rings. The summed E-state index contributed by atoms with van der Waals surface area (Å²) in [6, 6.07) is 4.54. The molecule has 0 aliphatic heterocycles. The number of nitrogens with two attached hydrogens (primary N) is 1. The number of halogens is 1. The van der Waals surface area contributed by atoms with Crippen molar-refractivity contribution in [3.05, 3.63) is 29.6 Å². The molecule has 0 radical (unpaired) electrons. The number of hydrogen-bond donors (Lipinski definition) is 2. The second-order valence-electron chi connectivity index (χ2n) is 2.33. The Morgan fingerprint density at radius 2 is 2.18 bits per heavy atom. The van der Waals surface area contributed by atoms with Gasteiger partial charge in [0.2, 0.25) is 0 Å². The lowest BCUT2D eigenvalue weighted by atomic mass is 10.1. The fourth-order valence-corrected chi connectivity index (χ4v) is 0.855. The van der Waals surface area contributed by atoms with Crippen molar-refractivity contribution in [2.24, 2.45) is 0 Å². The quantitative estimate of drug-likeness (QED) is 0.624. The smallest absolute Gasteiger partial charge is 0.146 e. The van der Waals surface area contributed by atoms with Crippen LogP contribution in [0.5, 0.6) is 0 Å². The maximum Gasteiger partial charge on any atom is 0.146 e. The molecule has 0 saturated heterocycles. The van der Waals surface area contributed by atoms with E-state index in [4.69, 9.17) is 10.8 Å². The first-order valence-corrected chi connectivity index (χ1v) is 3.39. The molecule has 0 amide bonds. The van der Waals surface area contributed by atoms with Crippen LogP contribution >= 0.6 is 0 Å². The second-order valence-corrected chi connectivity index (χ2v) is 2.33. The predicted octanol–water partition coefficient (Wildman–Crippen LogP) is 0.943. The van der Waals surface area contributed by atoms with Crippen molar-refractivity contribution in [3.63, 3.8) is 0 Å². The van der Waals surface area contributed by atoms with Crippen molar-refractivity contribution < 1.29 is 9.50 Å². The van der Waals surface area contributed by atoms with Gasteiger partial charge in [0.1, 0.15) is 5.82 Å². The zero-order chi connectivity index (χ0) is 8.27. The Balaban J connectivity index is 2.86. The monoisotopic (exact) mass is 155 g/mol. The molecule has 2 nitrogen and oxygen atoms in total. The molecule has 0 unspecified atom stereocenters. The molecule has 60 valence electrons. The highest BCUT2D eigenvalue weighted by molar-refractivity contribution is 5.41. The van der Waals surface area contributed by atoms with Crippen molar-refractivity contribution >= 4 is 5.69 Å². The lowest BCUT2D eigenvalue weighted by Crippen LogP contribution is -1.95. The third-order valence-electron chi connectivity index (χ3n) is 1.47. The van der Waals surface area contributed by atoms with Gasteiger partial charge < -0.3 is 10.8 Å². The van der Waals surface area contributed by atoms with Crippen molar-refractivity contribution in [2.75, 3.05) is 12.3 Å². The molecule has 0 aromatic heterocycles. The molecule has 0 bridgehead atoms. The molecule has 1 aromatic rings. The van der Waals surface area contributed by atoms with E-state index in [0.717, 1.165) is 5.56 Å². The number of benzene rings is 1. The van der Waals surface area contributed by atoms with Crippen molar-refractivity contribution in [1.82, 2.24) is 0 Å². The molecule has 0 fully saturated rings. The van der Waals surface area contributed by atoms with Crippen molar-refractivity contribution in [1.29, 1.82) is 0 Å². The van der Waals surface area contributed by atoms with E-state index in [9.17, 15) is 4.39 Å². The van der Waals surface area contributed by atoms with Gasteiger partial charge in [0.05, 0.1) is 5.69 Å². The average molecular weight is 155 g/mol.